The maximum absolute atomic E-state index is 13.7. The van der Waals surface area contributed by atoms with Gasteiger partial charge in [0.1, 0.15) is 5.92 Å². The zero-order valence-corrected chi connectivity index (χ0v) is 15.9. The highest BCUT2D eigenvalue weighted by Gasteiger charge is 2.66. The molecule has 0 aromatic heterocycles. The van der Waals surface area contributed by atoms with E-state index >= 15 is 0 Å². The van der Waals surface area contributed by atoms with Crippen molar-refractivity contribution < 1.29 is 42.4 Å². The number of nitrogens with one attached hydrogen (secondary N) is 2. The summed E-state index contributed by atoms with van der Waals surface area (Å²) >= 11 is 4.81. The third-order valence-corrected chi connectivity index (χ3v) is 4.43. The largest absolute Gasteiger partial charge is 0.502 e. The van der Waals surface area contributed by atoms with E-state index in [0.29, 0.717) is 0 Å². The van der Waals surface area contributed by atoms with Gasteiger partial charge in [-0.3, -0.25) is 4.79 Å². The Morgan fingerprint density at radius 1 is 1.29 bits per heavy atom. The van der Waals surface area contributed by atoms with Crippen LogP contribution in [0.2, 0.25) is 0 Å². The van der Waals surface area contributed by atoms with Gasteiger partial charge in [0, 0.05) is 0 Å². The van der Waals surface area contributed by atoms with Crippen LogP contribution in [-0.4, -0.2) is 54.0 Å². The molecule has 1 aliphatic rings. The topological polar surface area (TPSA) is 109 Å². The van der Waals surface area contributed by atoms with Gasteiger partial charge in [0.05, 0.1) is 26.9 Å². The molecule has 0 bridgehead atoms. The third-order valence-electron chi connectivity index (χ3n) is 4.21. The SMILES string of the molecule is CCOC(=O)[C@H]1[C@@H](c2cc(OC)c(O)c(OC)c2)NC(=S)N[C@]1(O)C(F)(F)F. The van der Waals surface area contributed by atoms with Crippen LogP contribution in [0.25, 0.3) is 0 Å². The number of hydrogen-bond donors (Lipinski definition) is 4. The Labute approximate surface area is 163 Å². The van der Waals surface area contributed by atoms with Crippen molar-refractivity contribution in [1.82, 2.24) is 10.6 Å². The number of halogens is 3. The van der Waals surface area contributed by atoms with Crippen LogP contribution in [0.4, 0.5) is 13.2 Å². The van der Waals surface area contributed by atoms with E-state index in [0.717, 1.165) is 0 Å². The van der Waals surface area contributed by atoms with E-state index in [1.807, 2.05) is 0 Å². The van der Waals surface area contributed by atoms with Crippen molar-refractivity contribution >= 4 is 23.3 Å². The molecule has 0 aliphatic carbocycles. The van der Waals surface area contributed by atoms with Crippen LogP contribution in [0, 0.1) is 5.92 Å². The molecule has 2 rings (SSSR count). The number of rotatable bonds is 5. The van der Waals surface area contributed by atoms with Gasteiger partial charge in [0.15, 0.2) is 16.6 Å². The molecule has 0 radical (unpaired) electrons. The summed E-state index contributed by atoms with van der Waals surface area (Å²) in [5, 5.41) is 24.2. The lowest BCUT2D eigenvalue weighted by molar-refractivity contribution is -0.292. The zero-order valence-electron chi connectivity index (χ0n) is 15.1. The third kappa shape index (κ3) is 3.74. The maximum atomic E-state index is 13.7. The fourth-order valence-corrected chi connectivity index (χ4v) is 3.19. The van der Waals surface area contributed by atoms with E-state index < -0.39 is 34.9 Å². The number of aromatic hydroxyl groups is 1. The second-order valence-electron chi connectivity index (χ2n) is 5.84. The molecule has 1 aromatic rings. The van der Waals surface area contributed by atoms with Gasteiger partial charge in [-0.05, 0) is 36.8 Å². The summed E-state index contributed by atoms with van der Waals surface area (Å²) in [6.45, 7) is 1.21. The average molecular weight is 424 g/mol. The first kappa shape index (κ1) is 21.8. The number of carbonyl (C=O) groups excluding carboxylic acids is 1. The van der Waals surface area contributed by atoms with E-state index in [2.05, 4.69) is 5.32 Å². The highest BCUT2D eigenvalue weighted by Crippen LogP contribution is 2.46. The lowest BCUT2D eigenvalue weighted by Gasteiger charge is -2.45. The quantitative estimate of drug-likeness (QED) is 0.411. The Hall–Kier alpha value is -2.47. The van der Waals surface area contributed by atoms with Crippen molar-refractivity contribution in [2.45, 2.75) is 24.9 Å². The highest BCUT2D eigenvalue weighted by atomic mass is 32.1. The molecular weight excluding hydrogens is 405 g/mol. The molecule has 0 spiro atoms. The van der Waals surface area contributed by atoms with Crippen LogP contribution in [0.5, 0.6) is 17.2 Å². The molecule has 1 saturated heterocycles. The predicted octanol–water partition coefficient (Wildman–Crippen LogP) is 1.36. The van der Waals surface area contributed by atoms with Crippen LogP contribution in [-0.2, 0) is 9.53 Å². The second kappa shape index (κ2) is 7.87. The Kier molecular flexibility index (Phi) is 6.14. The Morgan fingerprint density at radius 3 is 2.25 bits per heavy atom. The summed E-state index contributed by atoms with van der Waals surface area (Å²) in [7, 11) is 2.46. The van der Waals surface area contributed by atoms with Crippen LogP contribution in [0.3, 0.4) is 0 Å². The molecule has 1 fully saturated rings. The summed E-state index contributed by atoms with van der Waals surface area (Å²) in [5.74, 6) is -4.08. The highest BCUT2D eigenvalue weighted by molar-refractivity contribution is 7.80. The summed E-state index contributed by atoms with van der Waals surface area (Å²) < 4.78 is 55.9. The van der Waals surface area contributed by atoms with Crippen molar-refractivity contribution in [3.8, 4) is 17.2 Å². The van der Waals surface area contributed by atoms with E-state index in [9.17, 15) is 28.2 Å². The number of phenolic OH excluding ortho intramolecular Hbond substituents is 1. The normalized spacial score (nSPS) is 24.8. The molecule has 156 valence electrons. The van der Waals surface area contributed by atoms with Gasteiger partial charge in [0.2, 0.25) is 5.75 Å². The maximum Gasteiger partial charge on any atom is 0.437 e. The van der Waals surface area contributed by atoms with E-state index in [1.54, 1.807) is 5.32 Å². The number of hydrogen-bond acceptors (Lipinski definition) is 7. The van der Waals surface area contributed by atoms with Gasteiger partial charge in [-0.15, -0.1) is 0 Å². The molecule has 28 heavy (non-hydrogen) atoms. The van der Waals surface area contributed by atoms with Gasteiger partial charge < -0.3 is 35.1 Å². The number of ether oxygens (including phenoxy) is 3. The van der Waals surface area contributed by atoms with E-state index in [1.165, 1.54) is 33.3 Å². The number of thiocarbonyl (C=S) groups is 1. The lowest BCUT2D eigenvalue weighted by atomic mass is 9.82. The summed E-state index contributed by atoms with van der Waals surface area (Å²) in [4.78, 5) is 12.4. The van der Waals surface area contributed by atoms with Crippen LogP contribution in [0.1, 0.15) is 18.5 Å². The first-order valence-corrected chi connectivity index (χ1v) is 8.40. The number of methoxy groups -OCH3 is 2. The minimum absolute atomic E-state index is 0.0380. The van der Waals surface area contributed by atoms with Gasteiger partial charge in [-0.25, -0.2) is 0 Å². The van der Waals surface area contributed by atoms with Gasteiger partial charge in [0.25, 0.3) is 5.72 Å². The average Bonchev–Trinajstić information content (AvgIpc) is 2.60. The first-order valence-electron chi connectivity index (χ1n) is 7.99. The molecule has 1 aliphatic heterocycles. The van der Waals surface area contributed by atoms with Crippen molar-refractivity contribution in [3.63, 3.8) is 0 Å². The molecule has 0 saturated carbocycles. The van der Waals surface area contributed by atoms with Crippen LogP contribution >= 0.6 is 12.2 Å². The molecular formula is C16H19F3N2O6S. The number of esters is 1. The van der Waals surface area contributed by atoms with Crippen molar-refractivity contribution in [3.05, 3.63) is 17.7 Å². The van der Waals surface area contributed by atoms with E-state index in [-0.39, 0.29) is 29.4 Å². The lowest BCUT2D eigenvalue weighted by Crippen LogP contribution is -2.73. The Balaban J connectivity index is 2.68. The molecule has 4 N–H and O–H groups in total. The zero-order chi connectivity index (χ0) is 21.3. The molecule has 0 amide bonds. The molecule has 12 heteroatoms. The number of aliphatic hydroxyl groups is 1. The Bertz CT molecular complexity index is 750. The minimum atomic E-state index is -5.26. The van der Waals surface area contributed by atoms with Gasteiger partial charge >= 0.3 is 12.1 Å². The van der Waals surface area contributed by atoms with Gasteiger partial charge in [-0.1, -0.05) is 0 Å². The van der Waals surface area contributed by atoms with Crippen molar-refractivity contribution in [1.29, 1.82) is 0 Å². The van der Waals surface area contributed by atoms with Gasteiger partial charge in [-0.2, -0.15) is 13.2 Å². The van der Waals surface area contributed by atoms with Crippen LogP contribution < -0.4 is 20.1 Å². The van der Waals surface area contributed by atoms with Crippen molar-refractivity contribution in [2.75, 3.05) is 20.8 Å². The Morgan fingerprint density at radius 2 is 1.82 bits per heavy atom. The summed E-state index contributed by atoms with van der Waals surface area (Å²) in [6.07, 6.45) is -5.26. The van der Waals surface area contributed by atoms with E-state index in [4.69, 9.17) is 26.4 Å². The minimum Gasteiger partial charge on any atom is -0.502 e. The summed E-state index contributed by atoms with van der Waals surface area (Å²) in [5.41, 5.74) is -3.65. The number of benzene rings is 1. The number of alkyl halides is 3. The second-order valence-corrected chi connectivity index (χ2v) is 6.25. The molecule has 1 aromatic carbocycles. The summed E-state index contributed by atoms with van der Waals surface area (Å²) in [6, 6.07) is 0.932. The smallest absolute Gasteiger partial charge is 0.437 e. The molecule has 3 atom stereocenters. The number of carbonyl (C=O) groups is 1. The first-order chi connectivity index (χ1) is 13.0. The fraction of sp³-hybridized carbons (Fsp3) is 0.500. The molecule has 8 nitrogen and oxygen atoms in total. The predicted molar refractivity (Wildman–Crippen MR) is 93.9 cm³/mol. The monoisotopic (exact) mass is 424 g/mol. The van der Waals surface area contributed by atoms with Crippen LogP contribution in [0.15, 0.2) is 12.1 Å². The van der Waals surface area contributed by atoms with Crippen molar-refractivity contribution in [2.24, 2.45) is 5.92 Å². The number of phenols is 1. The fourth-order valence-electron chi connectivity index (χ4n) is 2.91. The molecule has 0 unspecified atom stereocenters. The molecule has 1 heterocycles. The standard InChI is InChI=1S/C16H19F3N2O6S/c1-4-27-13(23)10-11(20-14(28)21-15(10,24)16(17,18)19)7-5-8(25-2)12(22)9(6-7)26-3/h5-6,10-11,22,24H,4H2,1-3H3,(H2,20,21,28)/t10-,11-,15-/m1/s1.